The van der Waals surface area contributed by atoms with Gasteiger partial charge in [-0.15, -0.1) is 0 Å². The zero-order valence-electron chi connectivity index (χ0n) is 15.8. The van der Waals surface area contributed by atoms with E-state index in [9.17, 15) is 32.9 Å². The molecule has 7 N–H and O–H groups in total. The molecule has 3 unspecified atom stereocenters. The van der Waals surface area contributed by atoms with Crippen molar-refractivity contribution in [3.8, 4) is 0 Å². The number of aliphatic hydroxyl groups is 1. The predicted molar refractivity (Wildman–Crippen MR) is 100 cm³/mol. The molecule has 23 heteroatoms. The van der Waals surface area contributed by atoms with Gasteiger partial charge in [-0.25, -0.2) is 22.9 Å². The Morgan fingerprint density at radius 3 is 2.48 bits per heavy atom. The fourth-order valence-electron chi connectivity index (χ4n) is 2.59. The van der Waals surface area contributed by atoms with Crippen LogP contribution in [0.15, 0.2) is 22.2 Å². The second-order valence-corrected chi connectivity index (χ2v) is 10.7. The molecule has 2 heterocycles. The molecule has 0 radical (unpaired) electrons. The summed E-state index contributed by atoms with van der Waals surface area (Å²) in [6.45, 7) is -2.31. The lowest BCUT2D eigenvalue weighted by molar-refractivity contribution is -0.120. The van der Waals surface area contributed by atoms with Crippen LogP contribution in [0.3, 0.4) is 0 Å². The smallest absolute Gasteiger partial charge is 0.387 e. The van der Waals surface area contributed by atoms with Crippen LogP contribution in [0.4, 0.5) is 10.2 Å². The average molecular weight is 540 g/mol. The number of halogens is 1. The second-order valence-electron chi connectivity index (χ2n) is 6.26. The van der Waals surface area contributed by atoms with Crippen LogP contribution in [0.2, 0.25) is 0 Å². The molecule has 6 atom stereocenters. The molecule has 33 heavy (non-hydrogen) atoms. The van der Waals surface area contributed by atoms with Gasteiger partial charge in [-0.3, -0.25) is 9.09 Å². The number of hydrogen-bond acceptors (Lipinski definition) is 12. The molecule has 0 amide bonds. The summed E-state index contributed by atoms with van der Waals surface area (Å²) in [5.41, 5.74) is 10.3. The third kappa shape index (κ3) is 7.11. The minimum Gasteiger partial charge on any atom is -0.387 e. The summed E-state index contributed by atoms with van der Waals surface area (Å²) in [6.07, 6.45) is -5.66. The molecule has 1 aliphatic rings. The zero-order chi connectivity index (χ0) is 25.2. The van der Waals surface area contributed by atoms with Crippen molar-refractivity contribution in [1.82, 2.24) is 9.55 Å². The maximum absolute atomic E-state index is 14.8. The fourth-order valence-corrected chi connectivity index (χ4v) is 5.67. The van der Waals surface area contributed by atoms with Crippen LogP contribution < -0.4 is 11.4 Å². The number of aliphatic hydroxyl groups excluding tert-OH is 1. The SMILES string of the molecule is [N-]=[N+]=NCC1(COP(=O)(O)OP(=O)(O)OP(=O)(O)O)O[C@@H](n2ccc(N)nc2=O)[C@H](F)[C@@H]1O. The van der Waals surface area contributed by atoms with Gasteiger partial charge in [-0.05, 0) is 11.6 Å². The molecule has 0 saturated carbocycles. The number of nitrogens with two attached hydrogens (primary N) is 1. The minimum atomic E-state index is -5.86. The number of phosphoric acid groups is 3. The van der Waals surface area contributed by atoms with Gasteiger partial charge >= 0.3 is 29.2 Å². The summed E-state index contributed by atoms with van der Waals surface area (Å²) in [5.74, 6) is -0.224. The number of phosphoric ester groups is 1. The molecular formula is C10H16FN6O13P3. The summed E-state index contributed by atoms with van der Waals surface area (Å²) in [7, 11) is -17.2. The summed E-state index contributed by atoms with van der Waals surface area (Å²) >= 11 is 0. The molecule has 0 aliphatic carbocycles. The highest BCUT2D eigenvalue weighted by atomic mass is 31.3. The molecule has 19 nitrogen and oxygen atoms in total. The lowest BCUT2D eigenvalue weighted by atomic mass is 9.97. The van der Waals surface area contributed by atoms with E-state index in [2.05, 4.69) is 28.2 Å². The minimum absolute atomic E-state index is 0.224. The van der Waals surface area contributed by atoms with Crippen LogP contribution in [0, 0.1) is 0 Å². The van der Waals surface area contributed by atoms with Crippen LogP contribution in [0.1, 0.15) is 6.23 Å². The first-order chi connectivity index (χ1) is 15.0. The van der Waals surface area contributed by atoms with E-state index in [0.29, 0.717) is 4.57 Å². The first-order valence-corrected chi connectivity index (χ1v) is 12.7. The molecule has 2 rings (SSSR count). The normalized spacial score (nSPS) is 29.1. The lowest BCUT2D eigenvalue weighted by Gasteiger charge is -2.30. The second kappa shape index (κ2) is 9.85. The average Bonchev–Trinajstić information content (AvgIpc) is 2.88. The Bertz CT molecular complexity index is 1140. The van der Waals surface area contributed by atoms with E-state index in [-0.39, 0.29) is 5.82 Å². The van der Waals surface area contributed by atoms with E-state index in [0.717, 1.165) is 12.3 Å². The van der Waals surface area contributed by atoms with E-state index >= 15 is 0 Å². The molecule has 186 valence electrons. The molecule has 1 fully saturated rings. The number of alkyl halides is 1. The van der Waals surface area contributed by atoms with Gasteiger partial charge in [0.15, 0.2) is 12.4 Å². The van der Waals surface area contributed by atoms with Crippen LogP contribution in [0.5, 0.6) is 0 Å². The molecule has 0 bridgehead atoms. The molecule has 1 aliphatic heterocycles. The highest BCUT2D eigenvalue weighted by Gasteiger charge is 2.57. The van der Waals surface area contributed by atoms with Gasteiger partial charge in [-0.2, -0.15) is 13.6 Å². The summed E-state index contributed by atoms with van der Waals surface area (Å²) in [6, 6.07) is 1.09. The van der Waals surface area contributed by atoms with Gasteiger partial charge in [0, 0.05) is 11.1 Å². The van der Waals surface area contributed by atoms with Gasteiger partial charge in [-0.1, -0.05) is 5.11 Å². The largest absolute Gasteiger partial charge is 0.490 e. The molecular weight excluding hydrogens is 524 g/mol. The number of aromatic nitrogens is 2. The number of rotatable bonds is 10. The number of ether oxygens (including phenoxy) is 1. The monoisotopic (exact) mass is 540 g/mol. The van der Waals surface area contributed by atoms with Crippen molar-refractivity contribution in [1.29, 1.82) is 0 Å². The highest BCUT2D eigenvalue weighted by Crippen LogP contribution is 2.66. The Labute approximate surface area is 181 Å². The summed E-state index contributed by atoms with van der Waals surface area (Å²) < 4.78 is 66.1. The lowest BCUT2D eigenvalue weighted by Crippen LogP contribution is -2.48. The zero-order valence-corrected chi connectivity index (χ0v) is 18.5. The fraction of sp³-hybridized carbons (Fsp3) is 0.600. The summed E-state index contributed by atoms with van der Waals surface area (Å²) in [5, 5.41) is 13.4. The van der Waals surface area contributed by atoms with Crippen LogP contribution in [0.25, 0.3) is 10.4 Å². The van der Waals surface area contributed by atoms with Crippen molar-refractivity contribution in [2.45, 2.75) is 24.1 Å². The van der Waals surface area contributed by atoms with E-state index in [1.165, 1.54) is 0 Å². The van der Waals surface area contributed by atoms with E-state index in [4.69, 9.17) is 30.7 Å². The Balaban J connectivity index is 2.30. The Morgan fingerprint density at radius 2 is 1.94 bits per heavy atom. The summed E-state index contributed by atoms with van der Waals surface area (Å²) in [4.78, 5) is 53.5. The van der Waals surface area contributed by atoms with Gasteiger partial charge in [0.2, 0.25) is 0 Å². The third-order valence-corrected chi connectivity index (χ3v) is 7.67. The number of anilines is 1. The predicted octanol–water partition coefficient (Wildman–Crippen LogP) is -0.554. The van der Waals surface area contributed by atoms with E-state index in [1.807, 2.05) is 0 Å². The van der Waals surface area contributed by atoms with Crippen molar-refractivity contribution in [3.05, 3.63) is 33.2 Å². The van der Waals surface area contributed by atoms with Gasteiger partial charge < -0.3 is 35.2 Å². The third-order valence-electron chi connectivity index (χ3n) is 3.88. The molecule has 1 aromatic heterocycles. The Kier molecular flexibility index (Phi) is 8.21. The van der Waals surface area contributed by atoms with Crippen molar-refractivity contribution >= 4 is 29.3 Å². The molecule has 1 aromatic rings. The standard InChI is InChI=1S/C10H16FN6O13P3/c11-6-7(18)10(3-14-16-13,28-8(6)17-2-1-5(12)15-9(17)19)4-27-32(23,24)30-33(25,26)29-31(20,21)22/h1-2,6-8,18H,3-4H2,(H,23,24)(H,25,26)(H2,12,15,19)(H2,20,21,22)/t6-,7+,8-,10?/m1/s1. The quantitative estimate of drug-likeness (QED) is 0.0938. The first kappa shape index (κ1) is 27.5. The highest BCUT2D eigenvalue weighted by molar-refractivity contribution is 7.66. The maximum Gasteiger partial charge on any atom is 0.490 e. The van der Waals surface area contributed by atoms with Crippen LogP contribution in [-0.2, 0) is 31.6 Å². The van der Waals surface area contributed by atoms with E-state index in [1.54, 1.807) is 0 Å². The van der Waals surface area contributed by atoms with Gasteiger partial charge in [0.1, 0.15) is 17.5 Å². The number of nitrogens with zero attached hydrogens (tertiary/aromatic N) is 5. The van der Waals surface area contributed by atoms with Gasteiger partial charge in [0.05, 0.1) is 13.2 Å². The van der Waals surface area contributed by atoms with Crippen molar-refractivity contribution < 1.29 is 60.6 Å². The van der Waals surface area contributed by atoms with Crippen molar-refractivity contribution in [2.24, 2.45) is 5.11 Å². The van der Waals surface area contributed by atoms with Crippen molar-refractivity contribution in [2.75, 3.05) is 18.9 Å². The number of nitrogen functional groups attached to an aromatic ring is 1. The Hall–Kier alpha value is -1.75. The Morgan fingerprint density at radius 1 is 1.30 bits per heavy atom. The molecule has 0 aromatic carbocycles. The topological polar surface area (TPSA) is 299 Å². The van der Waals surface area contributed by atoms with Crippen molar-refractivity contribution in [3.63, 3.8) is 0 Å². The number of hydrogen-bond donors (Lipinski definition) is 6. The molecule has 1 saturated heterocycles. The van der Waals surface area contributed by atoms with Gasteiger partial charge in [0.25, 0.3) is 0 Å². The van der Waals surface area contributed by atoms with Crippen LogP contribution in [-0.4, -0.2) is 65.3 Å². The number of azide groups is 1. The maximum atomic E-state index is 14.8. The first-order valence-electron chi connectivity index (χ1n) is 8.15. The van der Waals surface area contributed by atoms with E-state index < -0.39 is 66.4 Å². The van der Waals surface area contributed by atoms with Crippen LogP contribution >= 0.6 is 23.5 Å². The molecule has 0 spiro atoms.